The Morgan fingerprint density at radius 2 is 2.05 bits per heavy atom. The third kappa shape index (κ3) is 2.95. The highest BCUT2D eigenvalue weighted by Crippen LogP contribution is 2.40. The molecule has 4 heteroatoms. The first-order chi connectivity index (χ1) is 8.74. The van der Waals surface area contributed by atoms with E-state index in [1.54, 1.807) is 0 Å². The van der Waals surface area contributed by atoms with Gasteiger partial charge in [0.25, 0.3) is 0 Å². The molecule has 2 aliphatic rings. The first kappa shape index (κ1) is 14.8. The Bertz CT molecular complexity index is 350. The second kappa shape index (κ2) is 5.06. The molecule has 2 rings (SSSR count). The van der Waals surface area contributed by atoms with Crippen LogP contribution >= 0.6 is 0 Å². The van der Waals surface area contributed by atoms with E-state index in [0.717, 1.165) is 25.9 Å². The predicted octanol–water partition coefficient (Wildman–Crippen LogP) is 1.95. The molecular formula is C15H27NO3. The second-order valence-electron chi connectivity index (χ2n) is 7.04. The lowest BCUT2D eigenvalue weighted by atomic mass is 9.79. The molecule has 0 bridgehead atoms. The van der Waals surface area contributed by atoms with E-state index in [1.165, 1.54) is 6.42 Å². The zero-order chi connectivity index (χ0) is 14.3. The second-order valence-corrected chi connectivity index (χ2v) is 7.04. The van der Waals surface area contributed by atoms with Crippen molar-refractivity contribution in [1.29, 1.82) is 0 Å². The number of rotatable bonds is 2. The Balaban J connectivity index is 2.09. The van der Waals surface area contributed by atoms with Gasteiger partial charge in [0, 0.05) is 12.6 Å². The SMILES string of the molecule is CC(C(=O)OC(C)(C)C)C1(O)CCN2CCCCC21. The van der Waals surface area contributed by atoms with Crippen molar-refractivity contribution in [2.24, 2.45) is 5.92 Å². The molecule has 3 atom stereocenters. The van der Waals surface area contributed by atoms with Gasteiger partial charge in [0.2, 0.25) is 0 Å². The van der Waals surface area contributed by atoms with Crippen molar-refractivity contribution in [2.75, 3.05) is 13.1 Å². The van der Waals surface area contributed by atoms with E-state index < -0.39 is 17.1 Å². The topological polar surface area (TPSA) is 49.8 Å². The zero-order valence-corrected chi connectivity index (χ0v) is 12.6. The highest BCUT2D eigenvalue weighted by Gasteiger charge is 2.52. The van der Waals surface area contributed by atoms with Gasteiger partial charge in [-0.25, -0.2) is 0 Å². The maximum atomic E-state index is 12.2. The molecule has 0 radical (unpaired) electrons. The van der Waals surface area contributed by atoms with Gasteiger partial charge in [0.05, 0.1) is 11.5 Å². The van der Waals surface area contributed by atoms with Crippen molar-refractivity contribution >= 4 is 5.97 Å². The number of hydrogen-bond donors (Lipinski definition) is 1. The standard InChI is InChI=1S/C15H27NO3/c1-11(13(17)19-14(2,3)4)15(18)8-10-16-9-6-5-7-12(15)16/h11-12,18H,5-10H2,1-4H3. The summed E-state index contributed by atoms with van der Waals surface area (Å²) in [7, 11) is 0. The molecule has 2 saturated heterocycles. The van der Waals surface area contributed by atoms with E-state index in [2.05, 4.69) is 4.90 Å². The first-order valence-electron chi connectivity index (χ1n) is 7.43. The minimum Gasteiger partial charge on any atom is -0.460 e. The third-order valence-electron chi connectivity index (χ3n) is 4.50. The lowest BCUT2D eigenvalue weighted by molar-refractivity contribution is -0.171. The van der Waals surface area contributed by atoms with E-state index in [-0.39, 0.29) is 12.0 Å². The summed E-state index contributed by atoms with van der Waals surface area (Å²) in [6, 6.07) is 0.128. The first-order valence-corrected chi connectivity index (χ1v) is 7.43. The van der Waals surface area contributed by atoms with Crippen LogP contribution in [-0.4, -0.2) is 46.3 Å². The lowest BCUT2D eigenvalue weighted by Crippen LogP contribution is -2.53. The minimum atomic E-state index is -0.914. The van der Waals surface area contributed by atoms with Crippen molar-refractivity contribution in [1.82, 2.24) is 4.90 Å². The fraction of sp³-hybridized carbons (Fsp3) is 0.933. The van der Waals surface area contributed by atoms with Gasteiger partial charge in [-0.1, -0.05) is 6.42 Å². The number of ether oxygens (including phenoxy) is 1. The average molecular weight is 269 g/mol. The summed E-state index contributed by atoms with van der Waals surface area (Å²) in [6.07, 6.45) is 4.01. The number of hydrogen-bond acceptors (Lipinski definition) is 4. The summed E-state index contributed by atoms with van der Waals surface area (Å²) < 4.78 is 5.44. The molecule has 0 saturated carbocycles. The predicted molar refractivity (Wildman–Crippen MR) is 73.8 cm³/mol. The van der Waals surface area contributed by atoms with E-state index in [1.807, 2.05) is 27.7 Å². The fourth-order valence-corrected chi connectivity index (χ4v) is 3.41. The summed E-state index contributed by atoms with van der Waals surface area (Å²) in [5, 5.41) is 11.0. The molecule has 2 aliphatic heterocycles. The lowest BCUT2D eigenvalue weighted by Gasteiger charge is -2.40. The van der Waals surface area contributed by atoms with Crippen molar-refractivity contribution < 1.29 is 14.6 Å². The number of nitrogens with zero attached hydrogens (tertiary/aromatic N) is 1. The largest absolute Gasteiger partial charge is 0.460 e. The Morgan fingerprint density at radius 3 is 2.68 bits per heavy atom. The molecule has 1 N–H and O–H groups in total. The van der Waals surface area contributed by atoms with Gasteiger partial charge in [-0.3, -0.25) is 9.69 Å². The Kier molecular flexibility index (Phi) is 3.94. The molecule has 4 nitrogen and oxygen atoms in total. The van der Waals surface area contributed by atoms with Crippen LogP contribution < -0.4 is 0 Å². The smallest absolute Gasteiger partial charge is 0.312 e. The molecule has 0 spiro atoms. The Morgan fingerprint density at radius 1 is 1.37 bits per heavy atom. The van der Waals surface area contributed by atoms with E-state index in [4.69, 9.17) is 4.74 Å². The van der Waals surface area contributed by atoms with Crippen LogP contribution in [0, 0.1) is 5.92 Å². The maximum absolute atomic E-state index is 12.2. The third-order valence-corrected chi connectivity index (χ3v) is 4.50. The van der Waals surface area contributed by atoms with Crippen molar-refractivity contribution in [3.8, 4) is 0 Å². The summed E-state index contributed by atoms with van der Waals surface area (Å²) in [5.74, 6) is -0.734. The van der Waals surface area contributed by atoms with Gasteiger partial charge >= 0.3 is 5.97 Å². The van der Waals surface area contributed by atoms with Gasteiger partial charge in [-0.2, -0.15) is 0 Å². The molecular weight excluding hydrogens is 242 g/mol. The number of aliphatic hydroxyl groups is 1. The van der Waals surface area contributed by atoms with Crippen LogP contribution in [0.25, 0.3) is 0 Å². The number of carbonyl (C=O) groups is 1. The molecule has 3 unspecified atom stereocenters. The number of esters is 1. The monoisotopic (exact) mass is 269 g/mol. The van der Waals surface area contributed by atoms with Crippen LogP contribution in [0.5, 0.6) is 0 Å². The molecule has 110 valence electrons. The number of piperidine rings is 1. The van der Waals surface area contributed by atoms with Crippen LogP contribution in [0.3, 0.4) is 0 Å². The van der Waals surface area contributed by atoms with Crippen molar-refractivity contribution in [2.45, 2.75) is 70.6 Å². The fourth-order valence-electron chi connectivity index (χ4n) is 3.41. The van der Waals surface area contributed by atoms with Gasteiger partial charge in [-0.15, -0.1) is 0 Å². The summed E-state index contributed by atoms with van der Waals surface area (Å²) in [6.45, 7) is 9.35. The minimum absolute atomic E-state index is 0.128. The highest BCUT2D eigenvalue weighted by molar-refractivity contribution is 5.74. The van der Waals surface area contributed by atoms with Gasteiger partial charge in [-0.05, 0) is 53.5 Å². The zero-order valence-electron chi connectivity index (χ0n) is 12.6. The van der Waals surface area contributed by atoms with Crippen LogP contribution in [0.1, 0.15) is 53.4 Å². The molecule has 0 aromatic carbocycles. The Labute approximate surface area is 116 Å². The van der Waals surface area contributed by atoms with E-state index in [0.29, 0.717) is 6.42 Å². The van der Waals surface area contributed by atoms with Crippen LogP contribution in [0.15, 0.2) is 0 Å². The van der Waals surface area contributed by atoms with Gasteiger partial charge in [0.1, 0.15) is 5.60 Å². The number of fused-ring (bicyclic) bond motifs is 1. The summed E-state index contributed by atoms with van der Waals surface area (Å²) in [4.78, 5) is 14.6. The van der Waals surface area contributed by atoms with Crippen LogP contribution in [0.4, 0.5) is 0 Å². The molecule has 19 heavy (non-hydrogen) atoms. The molecule has 0 amide bonds. The molecule has 0 aliphatic carbocycles. The molecule has 0 aromatic rings. The van der Waals surface area contributed by atoms with Crippen molar-refractivity contribution in [3.05, 3.63) is 0 Å². The van der Waals surface area contributed by atoms with Gasteiger partial charge < -0.3 is 9.84 Å². The Hall–Kier alpha value is -0.610. The quantitative estimate of drug-likeness (QED) is 0.779. The normalized spacial score (nSPS) is 33.8. The summed E-state index contributed by atoms with van der Waals surface area (Å²) >= 11 is 0. The molecule has 0 aromatic heterocycles. The summed E-state index contributed by atoms with van der Waals surface area (Å²) in [5.41, 5.74) is -1.41. The van der Waals surface area contributed by atoms with Crippen molar-refractivity contribution in [3.63, 3.8) is 0 Å². The number of carbonyl (C=O) groups excluding carboxylic acids is 1. The molecule has 2 fully saturated rings. The van der Waals surface area contributed by atoms with Crippen LogP contribution in [-0.2, 0) is 9.53 Å². The molecule has 2 heterocycles. The van der Waals surface area contributed by atoms with Crippen LogP contribution in [0.2, 0.25) is 0 Å². The van der Waals surface area contributed by atoms with E-state index in [9.17, 15) is 9.90 Å². The highest BCUT2D eigenvalue weighted by atomic mass is 16.6. The van der Waals surface area contributed by atoms with Gasteiger partial charge in [0.15, 0.2) is 0 Å². The maximum Gasteiger partial charge on any atom is 0.312 e. The average Bonchev–Trinajstić information content (AvgIpc) is 2.66. The van der Waals surface area contributed by atoms with E-state index >= 15 is 0 Å².